The molecule has 3 heteroatoms. The molecule has 0 aromatic heterocycles. The van der Waals surface area contributed by atoms with E-state index in [1.165, 1.54) is 29.7 Å². The molecular weight excluding hydrogens is 260 g/mol. The molecule has 0 saturated carbocycles. The molecular formula is C18H30N2O. The van der Waals surface area contributed by atoms with Crippen LogP contribution in [0, 0.1) is 6.92 Å². The molecule has 118 valence electrons. The minimum Gasteiger partial charge on any atom is -0.377 e. The Bertz CT molecular complexity index is 461. The largest absolute Gasteiger partial charge is 0.377 e. The van der Waals surface area contributed by atoms with Gasteiger partial charge < -0.3 is 15.0 Å². The van der Waals surface area contributed by atoms with Crippen molar-refractivity contribution in [3.63, 3.8) is 0 Å². The molecule has 0 amide bonds. The van der Waals surface area contributed by atoms with E-state index in [9.17, 15) is 0 Å². The number of methoxy groups -OCH3 is 1. The van der Waals surface area contributed by atoms with Crippen molar-refractivity contribution in [1.29, 1.82) is 0 Å². The van der Waals surface area contributed by atoms with Crippen LogP contribution in [0.3, 0.4) is 0 Å². The molecule has 1 saturated heterocycles. The molecule has 0 spiro atoms. The van der Waals surface area contributed by atoms with Crippen molar-refractivity contribution in [2.24, 2.45) is 0 Å². The maximum absolute atomic E-state index is 5.70. The monoisotopic (exact) mass is 290 g/mol. The zero-order chi connectivity index (χ0) is 15.3. The van der Waals surface area contributed by atoms with Crippen LogP contribution < -0.4 is 10.2 Å². The molecule has 0 radical (unpaired) electrons. The highest BCUT2D eigenvalue weighted by atomic mass is 16.5. The first kappa shape index (κ1) is 16.3. The van der Waals surface area contributed by atoms with Gasteiger partial charge in [-0.15, -0.1) is 0 Å². The van der Waals surface area contributed by atoms with E-state index in [4.69, 9.17) is 4.74 Å². The molecule has 21 heavy (non-hydrogen) atoms. The van der Waals surface area contributed by atoms with E-state index < -0.39 is 0 Å². The van der Waals surface area contributed by atoms with Gasteiger partial charge in [0.05, 0.1) is 5.60 Å². The summed E-state index contributed by atoms with van der Waals surface area (Å²) >= 11 is 0. The fraction of sp³-hybridized carbons (Fsp3) is 0.667. The zero-order valence-electron chi connectivity index (χ0n) is 14.0. The number of piperidine rings is 1. The standard InChI is InChI=1S/C18H30N2O/c1-5-10-19-13-16-7-8-17(12-15(16)2)20-11-6-9-18(3,14-20)21-4/h7-8,12,19H,5-6,9-11,13-14H2,1-4H3. The van der Waals surface area contributed by atoms with Crippen molar-refractivity contribution in [2.45, 2.75) is 52.2 Å². The van der Waals surface area contributed by atoms with E-state index in [0.717, 1.165) is 32.6 Å². The van der Waals surface area contributed by atoms with Gasteiger partial charge in [0, 0.05) is 32.4 Å². The number of hydrogen-bond donors (Lipinski definition) is 1. The number of rotatable bonds is 6. The minimum atomic E-state index is -0.00644. The third-order valence-electron chi connectivity index (χ3n) is 4.59. The van der Waals surface area contributed by atoms with Gasteiger partial charge >= 0.3 is 0 Å². The maximum Gasteiger partial charge on any atom is 0.0825 e. The molecule has 2 rings (SSSR count). The van der Waals surface area contributed by atoms with Gasteiger partial charge in [-0.25, -0.2) is 0 Å². The quantitative estimate of drug-likeness (QED) is 0.812. The predicted octanol–water partition coefficient (Wildman–Crippen LogP) is 3.50. The van der Waals surface area contributed by atoms with Gasteiger partial charge in [0.15, 0.2) is 0 Å². The number of nitrogens with one attached hydrogen (secondary N) is 1. The molecule has 1 atom stereocenters. The molecule has 1 aromatic rings. The molecule has 0 aliphatic carbocycles. The summed E-state index contributed by atoms with van der Waals surface area (Å²) in [5, 5.41) is 3.48. The Balaban J connectivity index is 2.05. The second-order valence-corrected chi connectivity index (χ2v) is 6.47. The van der Waals surface area contributed by atoms with Crippen LogP contribution in [0.2, 0.25) is 0 Å². The van der Waals surface area contributed by atoms with Gasteiger partial charge in [-0.3, -0.25) is 0 Å². The summed E-state index contributed by atoms with van der Waals surface area (Å²) in [5.41, 5.74) is 4.10. The van der Waals surface area contributed by atoms with Gasteiger partial charge in [-0.1, -0.05) is 13.0 Å². The van der Waals surface area contributed by atoms with Crippen LogP contribution in [-0.2, 0) is 11.3 Å². The number of nitrogens with zero attached hydrogens (tertiary/aromatic N) is 1. The molecule has 1 aromatic carbocycles. The van der Waals surface area contributed by atoms with Crippen molar-refractivity contribution in [3.8, 4) is 0 Å². The zero-order valence-corrected chi connectivity index (χ0v) is 14.0. The van der Waals surface area contributed by atoms with E-state index in [-0.39, 0.29) is 5.60 Å². The number of benzene rings is 1. The second kappa shape index (κ2) is 7.28. The van der Waals surface area contributed by atoms with Crippen LogP contribution >= 0.6 is 0 Å². The van der Waals surface area contributed by atoms with Gasteiger partial charge in [0.1, 0.15) is 0 Å². The van der Waals surface area contributed by atoms with Gasteiger partial charge in [-0.2, -0.15) is 0 Å². The Hall–Kier alpha value is -1.06. The highest BCUT2D eigenvalue weighted by Gasteiger charge is 2.30. The lowest BCUT2D eigenvalue weighted by molar-refractivity contribution is -0.00465. The Morgan fingerprint density at radius 3 is 2.86 bits per heavy atom. The fourth-order valence-electron chi connectivity index (χ4n) is 3.07. The van der Waals surface area contributed by atoms with E-state index in [0.29, 0.717) is 0 Å². The Morgan fingerprint density at radius 1 is 1.38 bits per heavy atom. The van der Waals surface area contributed by atoms with Gasteiger partial charge in [-0.05, 0) is 62.9 Å². The Morgan fingerprint density at radius 2 is 2.19 bits per heavy atom. The predicted molar refractivity (Wildman–Crippen MR) is 90.0 cm³/mol. The third kappa shape index (κ3) is 4.21. The average molecular weight is 290 g/mol. The topological polar surface area (TPSA) is 24.5 Å². The average Bonchev–Trinajstić information content (AvgIpc) is 2.49. The van der Waals surface area contributed by atoms with Crippen molar-refractivity contribution >= 4 is 5.69 Å². The summed E-state index contributed by atoms with van der Waals surface area (Å²) < 4.78 is 5.70. The van der Waals surface area contributed by atoms with Crippen molar-refractivity contribution in [2.75, 3.05) is 31.6 Å². The molecule has 1 aliphatic heterocycles. The third-order valence-corrected chi connectivity index (χ3v) is 4.59. The number of anilines is 1. The van der Waals surface area contributed by atoms with Crippen molar-refractivity contribution in [1.82, 2.24) is 5.32 Å². The van der Waals surface area contributed by atoms with Gasteiger partial charge in [0.25, 0.3) is 0 Å². The first-order chi connectivity index (χ1) is 10.1. The van der Waals surface area contributed by atoms with E-state index in [2.05, 4.69) is 49.2 Å². The normalized spacial score (nSPS) is 22.6. The lowest BCUT2D eigenvalue weighted by Crippen LogP contribution is -2.47. The first-order valence-corrected chi connectivity index (χ1v) is 8.18. The van der Waals surface area contributed by atoms with Crippen LogP contribution in [0.1, 0.15) is 44.2 Å². The molecule has 0 bridgehead atoms. The summed E-state index contributed by atoms with van der Waals surface area (Å²) in [6.07, 6.45) is 3.53. The van der Waals surface area contributed by atoms with Crippen LogP contribution in [0.25, 0.3) is 0 Å². The van der Waals surface area contributed by atoms with Crippen LogP contribution in [0.5, 0.6) is 0 Å². The van der Waals surface area contributed by atoms with Crippen molar-refractivity contribution < 1.29 is 4.74 Å². The number of ether oxygens (including phenoxy) is 1. The smallest absolute Gasteiger partial charge is 0.0825 e. The Kier molecular flexibility index (Phi) is 5.65. The lowest BCUT2D eigenvalue weighted by atomic mass is 9.94. The number of aryl methyl sites for hydroxylation is 1. The second-order valence-electron chi connectivity index (χ2n) is 6.47. The number of hydrogen-bond acceptors (Lipinski definition) is 3. The van der Waals surface area contributed by atoms with Crippen molar-refractivity contribution in [3.05, 3.63) is 29.3 Å². The van der Waals surface area contributed by atoms with Crippen LogP contribution in [-0.4, -0.2) is 32.3 Å². The van der Waals surface area contributed by atoms with E-state index in [1.807, 2.05) is 7.11 Å². The molecule has 1 heterocycles. The summed E-state index contributed by atoms with van der Waals surface area (Å²) in [6.45, 7) is 10.8. The maximum atomic E-state index is 5.70. The van der Waals surface area contributed by atoms with Crippen LogP contribution in [0.4, 0.5) is 5.69 Å². The van der Waals surface area contributed by atoms with Crippen LogP contribution in [0.15, 0.2) is 18.2 Å². The first-order valence-electron chi connectivity index (χ1n) is 8.18. The lowest BCUT2D eigenvalue weighted by Gasteiger charge is -2.40. The highest BCUT2D eigenvalue weighted by Crippen LogP contribution is 2.29. The molecule has 1 fully saturated rings. The summed E-state index contributed by atoms with van der Waals surface area (Å²) in [5.74, 6) is 0. The molecule has 1 unspecified atom stereocenters. The van der Waals surface area contributed by atoms with Gasteiger partial charge in [0.2, 0.25) is 0 Å². The molecule has 1 N–H and O–H groups in total. The Labute approximate surface area is 129 Å². The minimum absolute atomic E-state index is 0.00644. The molecule has 3 nitrogen and oxygen atoms in total. The van der Waals surface area contributed by atoms with E-state index in [1.54, 1.807) is 0 Å². The SMILES string of the molecule is CCCNCc1ccc(N2CCCC(C)(OC)C2)cc1C. The summed E-state index contributed by atoms with van der Waals surface area (Å²) in [4.78, 5) is 2.46. The summed E-state index contributed by atoms with van der Waals surface area (Å²) in [6, 6.07) is 6.85. The highest BCUT2D eigenvalue weighted by molar-refractivity contribution is 5.51. The fourth-order valence-corrected chi connectivity index (χ4v) is 3.07. The summed E-state index contributed by atoms with van der Waals surface area (Å²) in [7, 11) is 1.83. The van der Waals surface area contributed by atoms with E-state index >= 15 is 0 Å². The molecule has 1 aliphatic rings.